The van der Waals surface area contributed by atoms with Crippen LogP contribution >= 0.6 is 0 Å². The van der Waals surface area contributed by atoms with Gasteiger partial charge in [-0.15, -0.1) is 0 Å². The van der Waals surface area contributed by atoms with E-state index in [9.17, 15) is 5.11 Å². The molecule has 2 N–H and O–H groups in total. The van der Waals surface area contributed by atoms with Crippen molar-refractivity contribution in [1.29, 1.82) is 0 Å². The van der Waals surface area contributed by atoms with E-state index >= 15 is 0 Å². The second kappa shape index (κ2) is 5.89. The molecule has 0 aliphatic heterocycles. The second-order valence-electron chi connectivity index (χ2n) is 7.04. The molecule has 2 atom stereocenters. The van der Waals surface area contributed by atoms with Gasteiger partial charge >= 0.3 is 0 Å². The molecule has 2 fully saturated rings. The van der Waals surface area contributed by atoms with Crippen LogP contribution in [0, 0.1) is 5.92 Å². The predicted molar refractivity (Wildman–Crippen MR) is 73.6 cm³/mol. The smallest absolute Gasteiger partial charge is 0.0612 e. The average Bonchev–Trinajstić information content (AvgIpc) is 2.22. The van der Waals surface area contributed by atoms with Crippen molar-refractivity contribution in [3.63, 3.8) is 0 Å². The first-order valence-corrected chi connectivity index (χ1v) is 7.53. The summed E-state index contributed by atoms with van der Waals surface area (Å²) < 4.78 is 5.93. The maximum atomic E-state index is 9.91. The SMILES string of the molecule is CC(C)(C)OC1CC(NCC2CCCCC2O)C1. The molecular weight excluding hydrogens is 226 g/mol. The van der Waals surface area contributed by atoms with E-state index in [-0.39, 0.29) is 11.7 Å². The van der Waals surface area contributed by atoms with Gasteiger partial charge in [0.25, 0.3) is 0 Å². The molecule has 2 rings (SSSR count). The zero-order chi connectivity index (χ0) is 13.2. The van der Waals surface area contributed by atoms with Crippen LogP contribution in [0.15, 0.2) is 0 Å². The van der Waals surface area contributed by atoms with Crippen LogP contribution in [-0.4, -0.2) is 35.5 Å². The molecule has 3 heteroatoms. The molecule has 2 saturated carbocycles. The molecule has 0 aromatic heterocycles. The summed E-state index contributed by atoms with van der Waals surface area (Å²) >= 11 is 0. The molecule has 3 nitrogen and oxygen atoms in total. The van der Waals surface area contributed by atoms with Crippen molar-refractivity contribution in [3.05, 3.63) is 0 Å². The molecule has 0 aromatic rings. The number of hydrogen-bond donors (Lipinski definition) is 2. The lowest BCUT2D eigenvalue weighted by molar-refractivity contribution is -0.103. The van der Waals surface area contributed by atoms with Gasteiger partial charge in [0, 0.05) is 12.6 Å². The third-order valence-electron chi connectivity index (χ3n) is 4.15. The lowest BCUT2D eigenvalue weighted by atomic mass is 9.84. The van der Waals surface area contributed by atoms with E-state index in [1.807, 2.05) is 0 Å². The highest BCUT2D eigenvalue weighted by atomic mass is 16.5. The number of rotatable bonds is 4. The Labute approximate surface area is 111 Å². The number of aliphatic hydroxyl groups is 1. The van der Waals surface area contributed by atoms with Crippen LogP contribution in [-0.2, 0) is 4.74 Å². The molecule has 0 saturated heterocycles. The lowest BCUT2D eigenvalue weighted by Crippen LogP contribution is -2.50. The highest BCUT2D eigenvalue weighted by Crippen LogP contribution is 2.29. The van der Waals surface area contributed by atoms with Crippen molar-refractivity contribution in [1.82, 2.24) is 5.32 Å². The third kappa shape index (κ3) is 4.22. The van der Waals surface area contributed by atoms with Gasteiger partial charge in [-0.3, -0.25) is 0 Å². The van der Waals surface area contributed by atoms with E-state index in [0.29, 0.717) is 18.1 Å². The van der Waals surface area contributed by atoms with E-state index in [1.54, 1.807) is 0 Å². The number of nitrogens with one attached hydrogen (secondary N) is 1. The topological polar surface area (TPSA) is 41.5 Å². The Morgan fingerprint density at radius 1 is 1.17 bits per heavy atom. The van der Waals surface area contributed by atoms with Crippen molar-refractivity contribution in [2.24, 2.45) is 5.92 Å². The Morgan fingerprint density at radius 2 is 1.83 bits per heavy atom. The number of aliphatic hydroxyl groups excluding tert-OH is 1. The molecule has 0 aromatic carbocycles. The quantitative estimate of drug-likeness (QED) is 0.811. The summed E-state index contributed by atoms with van der Waals surface area (Å²) in [5.41, 5.74) is -0.0187. The molecule has 18 heavy (non-hydrogen) atoms. The molecule has 0 bridgehead atoms. The molecule has 106 valence electrons. The Kier molecular flexibility index (Phi) is 4.68. The normalized spacial score (nSPS) is 37.3. The van der Waals surface area contributed by atoms with Gasteiger partial charge in [0.15, 0.2) is 0 Å². The van der Waals surface area contributed by atoms with Gasteiger partial charge in [0.1, 0.15) is 0 Å². The molecule has 0 heterocycles. The summed E-state index contributed by atoms with van der Waals surface area (Å²) in [6.45, 7) is 7.33. The summed E-state index contributed by atoms with van der Waals surface area (Å²) in [7, 11) is 0. The highest BCUT2D eigenvalue weighted by molar-refractivity contribution is 4.89. The largest absolute Gasteiger partial charge is 0.393 e. The molecule has 0 amide bonds. The van der Waals surface area contributed by atoms with E-state index < -0.39 is 0 Å². The third-order valence-corrected chi connectivity index (χ3v) is 4.15. The van der Waals surface area contributed by atoms with Crippen LogP contribution in [0.5, 0.6) is 0 Å². The van der Waals surface area contributed by atoms with Gasteiger partial charge < -0.3 is 15.2 Å². The van der Waals surface area contributed by atoms with E-state index in [4.69, 9.17) is 4.74 Å². The maximum Gasteiger partial charge on any atom is 0.0612 e. The first-order chi connectivity index (χ1) is 8.44. The minimum Gasteiger partial charge on any atom is -0.393 e. The second-order valence-corrected chi connectivity index (χ2v) is 7.04. The van der Waals surface area contributed by atoms with E-state index in [1.165, 1.54) is 19.3 Å². The van der Waals surface area contributed by atoms with Crippen LogP contribution in [0.3, 0.4) is 0 Å². The minimum absolute atomic E-state index is 0.0187. The summed E-state index contributed by atoms with van der Waals surface area (Å²) in [4.78, 5) is 0. The Hall–Kier alpha value is -0.120. The Balaban J connectivity index is 1.59. The van der Waals surface area contributed by atoms with Gasteiger partial charge in [-0.2, -0.15) is 0 Å². The monoisotopic (exact) mass is 255 g/mol. The summed E-state index contributed by atoms with van der Waals surface area (Å²) in [6.07, 6.45) is 7.26. The highest BCUT2D eigenvalue weighted by Gasteiger charge is 2.33. The number of ether oxygens (including phenoxy) is 1. The van der Waals surface area contributed by atoms with Gasteiger partial charge in [0.05, 0.1) is 17.8 Å². The summed E-state index contributed by atoms with van der Waals surface area (Å²) in [5, 5.41) is 13.5. The van der Waals surface area contributed by atoms with Gasteiger partial charge in [-0.25, -0.2) is 0 Å². The summed E-state index contributed by atoms with van der Waals surface area (Å²) in [6, 6.07) is 0.603. The molecule has 0 radical (unpaired) electrons. The molecule has 0 spiro atoms. The molecule has 2 aliphatic carbocycles. The van der Waals surface area contributed by atoms with Crippen LogP contribution < -0.4 is 5.32 Å². The first-order valence-electron chi connectivity index (χ1n) is 7.53. The fourth-order valence-corrected chi connectivity index (χ4v) is 3.07. The van der Waals surface area contributed by atoms with Crippen molar-refractivity contribution in [2.75, 3.05) is 6.54 Å². The van der Waals surface area contributed by atoms with Crippen LogP contribution in [0.4, 0.5) is 0 Å². The predicted octanol–water partition coefficient (Wildman–Crippen LogP) is 2.47. The zero-order valence-electron chi connectivity index (χ0n) is 12.1. The van der Waals surface area contributed by atoms with Crippen molar-refractivity contribution in [2.45, 2.75) is 83.1 Å². The minimum atomic E-state index is -0.0760. The molecular formula is C15H29NO2. The van der Waals surface area contributed by atoms with Gasteiger partial charge in [0.2, 0.25) is 0 Å². The Bertz CT molecular complexity index is 256. The molecule has 2 unspecified atom stereocenters. The molecule has 2 aliphatic rings. The van der Waals surface area contributed by atoms with Crippen molar-refractivity contribution >= 4 is 0 Å². The standard InChI is InChI=1S/C15H29NO2/c1-15(2,3)18-13-8-12(9-13)16-10-11-6-4-5-7-14(11)17/h11-14,16-17H,4-10H2,1-3H3. The fraction of sp³-hybridized carbons (Fsp3) is 1.00. The van der Waals surface area contributed by atoms with Gasteiger partial charge in [-0.1, -0.05) is 12.8 Å². The van der Waals surface area contributed by atoms with Crippen molar-refractivity contribution < 1.29 is 9.84 Å². The summed E-state index contributed by atoms with van der Waals surface area (Å²) in [5.74, 6) is 0.473. The lowest BCUT2D eigenvalue weighted by Gasteiger charge is -2.40. The van der Waals surface area contributed by atoms with Crippen LogP contribution in [0.25, 0.3) is 0 Å². The Morgan fingerprint density at radius 3 is 2.44 bits per heavy atom. The van der Waals surface area contributed by atoms with Crippen LogP contribution in [0.2, 0.25) is 0 Å². The van der Waals surface area contributed by atoms with Crippen LogP contribution in [0.1, 0.15) is 59.3 Å². The fourth-order valence-electron chi connectivity index (χ4n) is 3.07. The average molecular weight is 255 g/mol. The first kappa shape index (κ1) is 14.3. The van der Waals surface area contributed by atoms with E-state index in [0.717, 1.165) is 25.8 Å². The number of hydrogen-bond acceptors (Lipinski definition) is 3. The zero-order valence-corrected chi connectivity index (χ0v) is 12.1. The van der Waals surface area contributed by atoms with Crippen molar-refractivity contribution in [3.8, 4) is 0 Å². The maximum absolute atomic E-state index is 9.91. The van der Waals surface area contributed by atoms with E-state index in [2.05, 4.69) is 26.1 Å². The van der Waals surface area contributed by atoms with Gasteiger partial charge in [-0.05, 0) is 52.4 Å².